The molecule has 0 aromatic heterocycles. The van der Waals surface area contributed by atoms with Gasteiger partial charge in [0.2, 0.25) is 0 Å². The molecule has 4 N–H and O–H groups in total. The summed E-state index contributed by atoms with van der Waals surface area (Å²) in [7, 11) is 0. The van der Waals surface area contributed by atoms with Crippen LogP contribution in [-0.4, -0.2) is 20.4 Å². The average molecular weight is 585 g/mol. The molecule has 0 unspecified atom stereocenters. The SMILES string of the molecule is Oc1cc2ccc3cc(O)cc4ccc(c1)c2c34.Oc1ccc(C2(c3ccc(O)cc3)c3ccccc3-c3ccccc32)cc1. The second-order valence-electron chi connectivity index (χ2n) is 11.6. The lowest BCUT2D eigenvalue weighted by Crippen LogP contribution is -2.28. The third-order valence-corrected chi connectivity index (χ3v) is 9.06. The molecular formula is C41H28O4. The molecule has 0 spiro atoms. The Hall–Kier alpha value is -6.00. The Morgan fingerprint density at radius 2 is 0.667 bits per heavy atom. The van der Waals surface area contributed by atoms with E-state index in [1.54, 1.807) is 48.5 Å². The summed E-state index contributed by atoms with van der Waals surface area (Å²) in [6.45, 7) is 0. The quantitative estimate of drug-likeness (QED) is 0.153. The molecular weight excluding hydrogens is 556 g/mol. The maximum atomic E-state index is 9.85. The first-order chi connectivity index (χ1) is 21.9. The zero-order valence-corrected chi connectivity index (χ0v) is 24.1. The molecule has 0 fully saturated rings. The first kappa shape index (κ1) is 26.6. The second-order valence-corrected chi connectivity index (χ2v) is 11.6. The Balaban J connectivity index is 0.000000144. The number of aromatic hydroxyl groups is 4. The van der Waals surface area contributed by atoms with Gasteiger partial charge in [0.25, 0.3) is 0 Å². The van der Waals surface area contributed by atoms with Crippen molar-refractivity contribution in [2.75, 3.05) is 0 Å². The first-order valence-electron chi connectivity index (χ1n) is 14.8. The van der Waals surface area contributed by atoms with Gasteiger partial charge in [0, 0.05) is 0 Å². The molecule has 0 amide bonds. The van der Waals surface area contributed by atoms with Crippen LogP contribution >= 0.6 is 0 Å². The minimum atomic E-state index is -0.491. The van der Waals surface area contributed by atoms with E-state index in [0.29, 0.717) is 0 Å². The Kier molecular flexibility index (Phi) is 5.94. The van der Waals surface area contributed by atoms with Gasteiger partial charge in [0.05, 0.1) is 5.41 Å². The number of phenolic OH excluding ortho intramolecular Hbond substituents is 4. The number of hydrogen-bond acceptors (Lipinski definition) is 4. The third-order valence-electron chi connectivity index (χ3n) is 9.06. The van der Waals surface area contributed by atoms with Gasteiger partial charge >= 0.3 is 0 Å². The van der Waals surface area contributed by atoms with Crippen LogP contribution in [0.15, 0.2) is 146 Å². The smallest absolute Gasteiger partial charge is 0.116 e. The van der Waals surface area contributed by atoms with Gasteiger partial charge in [-0.25, -0.2) is 0 Å². The molecule has 9 rings (SSSR count). The van der Waals surface area contributed by atoms with E-state index in [-0.39, 0.29) is 23.0 Å². The topological polar surface area (TPSA) is 80.9 Å². The molecule has 216 valence electrons. The first-order valence-corrected chi connectivity index (χ1v) is 14.8. The molecule has 4 heteroatoms. The number of phenols is 4. The number of fused-ring (bicyclic) bond motifs is 3. The fraction of sp³-hybridized carbons (Fsp3) is 0.0244. The van der Waals surface area contributed by atoms with Crippen molar-refractivity contribution in [3.63, 3.8) is 0 Å². The summed E-state index contributed by atoms with van der Waals surface area (Å²) < 4.78 is 0. The van der Waals surface area contributed by atoms with E-state index in [2.05, 4.69) is 48.5 Å². The van der Waals surface area contributed by atoms with Crippen molar-refractivity contribution in [3.05, 3.63) is 168 Å². The van der Waals surface area contributed by atoms with Crippen molar-refractivity contribution < 1.29 is 20.4 Å². The van der Waals surface area contributed by atoms with Crippen LogP contribution in [0.1, 0.15) is 22.3 Å². The molecule has 0 bridgehead atoms. The molecule has 0 saturated heterocycles. The monoisotopic (exact) mass is 584 g/mol. The third kappa shape index (κ3) is 4.07. The highest BCUT2D eigenvalue weighted by molar-refractivity contribution is 6.23. The van der Waals surface area contributed by atoms with Crippen LogP contribution in [0.2, 0.25) is 0 Å². The lowest BCUT2D eigenvalue weighted by molar-refractivity contribution is 0.474. The summed E-state index contributed by atoms with van der Waals surface area (Å²) in [5.74, 6) is 1.06. The summed E-state index contributed by atoms with van der Waals surface area (Å²) in [5.41, 5.74) is 6.54. The molecule has 0 radical (unpaired) electrons. The molecule has 0 saturated carbocycles. The van der Waals surface area contributed by atoms with Crippen LogP contribution < -0.4 is 0 Å². The van der Waals surface area contributed by atoms with Crippen LogP contribution in [0, 0.1) is 0 Å². The Morgan fingerprint density at radius 1 is 0.333 bits per heavy atom. The lowest BCUT2D eigenvalue weighted by atomic mass is 9.68. The highest BCUT2D eigenvalue weighted by Crippen LogP contribution is 2.56. The van der Waals surface area contributed by atoms with Crippen LogP contribution in [0.3, 0.4) is 0 Å². The predicted octanol–water partition coefficient (Wildman–Crippen LogP) is 9.46. The molecule has 0 heterocycles. The summed E-state index contributed by atoms with van der Waals surface area (Å²) in [6.07, 6.45) is 0. The zero-order valence-electron chi connectivity index (χ0n) is 24.1. The average Bonchev–Trinajstić information content (AvgIpc) is 3.35. The molecule has 4 nitrogen and oxygen atoms in total. The normalized spacial score (nSPS) is 13.0. The van der Waals surface area contributed by atoms with Gasteiger partial charge in [-0.3, -0.25) is 0 Å². The van der Waals surface area contributed by atoms with Gasteiger partial charge in [0.15, 0.2) is 0 Å². The maximum Gasteiger partial charge on any atom is 0.116 e. The molecule has 0 atom stereocenters. The minimum Gasteiger partial charge on any atom is -0.508 e. The number of hydrogen-bond donors (Lipinski definition) is 4. The van der Waals surface area contributed by atoms with E-state index in [4.69, 9.17) is 0 Å². The van der Waals surface area contributed by atoms with Gasteiger partial charge in [-0.2, -0.15) is 0 Å². The molecule has 0 aliphatic heterocycles. The van der Waals surface area contributed by atoms with Crippen molar-refractivity contribution in [1.29, 1.82) is 0 Å². The maximum absolute atomic E-state index is 9.85. The standard InChI is InChI=1S/C25H18O2.C16H10O2/c26-19-13-9-17(10-14-19)25(18-11-15-20(27)16-12-18)23-7-3-1-5-21(23)22-6-2-4-8-24(22)25;17-13-5-9-1-2-10-6-14(18)8-12-4-3-11(7-13)15(9)16(10)12/h1-16,26-27H;1-8,17-18H. The van der Waals surface area contributed by atoms with Crippen molar-refractivity contribution in [1.82, 2.24) is 0 Å². The van der Waals surface area contributed by atoms with Crippen molar-refractivity contribution in [3.8, 4) is 34.1 Å². The molecule has 1 aliphatic rings. The van der Waals surface area contributed by atoms with Gasteiger partial charge in [-0.1, -0.05) is 97.1 Å². The van der Waals surface area contributed by atoms with Gasteiger partial charge in [-0.05, 0) is 114 Å². The van der Waals surface area contributed by atoms with Crippen LogP contribution in [-0.2, 0) is 5.41 Å². The minimum absolute atomic E-state index is 0.249. The van der Waals surface area contributed by atoms with Gasteiger partial charge < -0.3 is 20.4 Å². The van der Waals surface area contributed by atoms with Crippen LogP contribution in [0.25, 0.3) is 43.4 Å². The molecule has 8 aromatic carbocycles. The molecule has 8 aromatic rings. The van der Waals surface area contributed by atoms with Crippen molar-refractivity contribution in [2.45, 2.75) is 5.41 Å². The van der Waals surface area contributed by atoms with E-state index < -0.39 is 5.41 Å². The number of benzene rings is 8. The highest BCUT2D eigenvalue weighted by atomic mass is 16.3. The zero-order chi connectivity index (χ0) is 30.7. The van der Waals surface area contributed by atoms with E-state index in [1.807, 2.05) is 48.5 Å². The molecule has 1 aliphatic carbocycles. The number of rotatable bonds is 2. The predicted molar refractivity (Wildman–Crippen MR) is 181 cm³/mol. The van der Waals surface area contributed by atoms with Gasteiger partial charge in [0.1, 0.15) is 23.0 Å². The van der Waals surface area contributed by atoms with Gasteiger partial charge in [-0.15, -0.1) is 0 Å². The highest BCUT2D eigenvalue weighted by Gasteiger charge is 2.45. The lowest BCUT2D eigenvalue weighted by Gasteiger charge is -2.33. The molecule has 45 heavy (non-hydrogen) atoms. The van der Waals surface area contributed by atoms with Crippen molar-refractivity contribution >= 4 is 32.3 Å². The largest absolute Gasteiger partial charge is 0.508 e. The van der Waals surface area contributed by atoms with Crippen molar-refractivity contribution in [2.24, 2.45) is 0 Å². The fourth-order valence-corrected chi connectivity index (χ4v) is 7.25. The second kappa shape index (κ2) is 10.0. The Bertz CT molecular complexity index is 2120. The Morgan fingerprint density at radius 3 is 1.02 bits per heavy atom. The summed E-state index contributed by atoms with van der Waals surface area (Å²) >= 11 is 0. The summed E-state index contributed by atoms with van der Waals surface area (Å²) in [5, 5.41) is 45.5. The van der Waals surface area contributed by atoms with Crippen LogP contribution in [0.5, 0.6) is 23.0 Å². The summed E-state index contributed by atoms with van der Waals surface area (Å²) in [6, 6.07) is 46.8. The Labute approximate surface area is 259 Å². The summed E-state index contributed by atoms with van der Waals surface area (Å²) in [4.78, 5) is 0. The van der Waals surface area contributed by atoms with E-state index >= 15 is 0 Å². The van der Waals surface area contributed by atoms with E-state index in [1.165, 1.54) is 22.3 Å². The van der Waals surface area contributed by atoms with E-state index in [9.17, 15) is 20.4 Å². The van der Waals surface area contributed by atoms with E-state index in [0.717, 1.165) is 43.4 Å². The fourth-order valence-electron chi connectivity index (χ4n) is 7.25. The van der Waals surface area contributed by atoms with Crippen LogP contribution in [0.4, 0.5) is 0 Å².